The van der Waals surface area contributed by atoms with E-state index in [1.807, 2.05) is 42.5 Å². The molecule has 26 heavy (non-hydrogen) atoms. The number of thiophene rings is 1. The normalized spacial score (nSPS) is 13.5. The minimum absolute atomic E-state index is 0.116. The Balaban J connectivity index is 1.49. The molecular weight excluding hydrogens is 368 g/mol. The number of fused-ring (bicyclic) bond motifs is 1. The minimum Gasteiger partial charge on any atom is -0.326 e. The van der Waals surface area contributed by atoms with E-state index < -0.39 is 10.0 Å². The third-order valence-electron chi connectivity index (χ3n) is 4.17. The van der Waals surface area contributed by atoms with Crippen molar-refractivity contribution in [2.45, 2.75) is 17.9 Å². The van der Waals surface area contributed by atoms with Crippen LogP contribution in [0.4, 0.5) is 5.69 Å². The quantitative estimate of drug-likeness (QED) is 0.708. The Bertz CT molecular complexity index is 1070. The van der Waals surface area contributed by atoms with Crippen LogP contribution in [0.1, 0.15) is 10.4 Å². The molecule has 0 fully saturated rings. The molecule has 5 nitrogen and oxygen atoms in total. The molecule has 2 aromatic carbocycles. The van der Waals surface area contributed by atoms with Gasteiger partial charge in [-0.3, -0.25) is 4.79 Å². The second-order valence-electron chi connectivity index (χ2n) is 6.00. The first kappa shape index (κ1) is 17.0. The minimum atomic E-state index is -3.64. The summed E-state index contributed by atoms with van der Waals surface area (Å²) >= 11 is 1.56. The Labute approximate surface area is 155 Å². The van der Waals surface area contributed by atoms with E-state index in [0.29, 0.717) is 11.3 Å². The molecule has 0 saturated carbocycles. The van der Waals surface area contributed by atoms with Gasteiger partial charge in [0.1, 0.15) is 0 Å². The lowest BCUT2D eigenvalue weighted by Gasteiger charge is -2.07. The number of benzene rings is 2. The largest absolute Gasteiger partial charge is 0.326 e. The standard InChI is InChI=1S/C19H16N2O3S2/c22-19-11-14-10-16(7-8-17(14)21-19)26(23,24)20-12-15-6-9-18(25-15)13-4-2-1-3-5-13/h1-10,20H,11-12H2,(H,21,22). The van der Waals surface area contributed by atoms with Gasteiger partial charge in [0, 0.05) is 22.0 Å². The monoisotopic (exact) mass is 384 g/mol. The Hall–Kier alpha value is -2.48. The summed E-state index contributed by atoms with van der Waals surface area (Å²) in [6.07, 6.45) is 0.212. The molecule has 4 rings (SSSR count). The molecule has 7 heteroatoms. The highest BCUT2D eigenvalue weighted by Crippen LogP contribution is 2.29. The maximum Gasteiger partial charge on any atom is 0.240 e. The van der Waals surface area contributed by atoms with Crippen LogP contribution in [-0.2, 0) is 27.8 Å². The van der Waals surface area contributed by atoms with Crippen LogP contribution >= 0.6 is 11.3 Å². The lowest BCUT2D eigenvalue weighted by atomic mass is 10.2. The first-order chi connectivity index (χ1) is 12.5. The summed E-state index contributed by atoms with van der Waals surface area (Å²) in [4.78, 5) is 13.6. The molecule has 132 valence electrons. The fraction of sp³-hybridized carbons (Fsp3) is 0.105. The number of anilines is 1. The lowest BCUT2D eigenvalue weighted by molar-refractivity contribution is -0.115. The van der Waals surface area contributed by atoms with E-state index in [-0.39, 0.29) is 23.8 Å². The zero-order valence-electron chi connectivity index (χ0n) is 13.7. The SMILES string of the molecule is O=C1Cc2cc(S(=O)(=O)NCc3ccc(-c4ccccc4)s3)ccc2N1. The summed E-state index contributed by atoms with van der Waals surface area (Å²) in [5.41, 5.74) is 2.50. The number of amides is 1. The van der Waals surface area contributed by atoms with Gasteiger partial charge in [0.25, 0.3) is 0 Å². The predicted molar refractivity (Wildman–Crippen MR) is 103 cm³/mol. The highest BCUT2D eigenvalue weighted by Gasteiger charge is 2.21. The molecule has 1 aliphatic rings. The Morgan fingerprint density at radius 3 is 2.65 bits per heavy atom. The van der Waals surface area contributed by atoms with Crippen LogP contribution in [0.3, 0.4) is 0 Å². The van der Waals surface area contributed by atoms with Crippen LogP contribution < -0.4 is 10.0 Å². The average Bonchev–Trinajstić information content (AvgIpc) is 3.25. The topological polar surface area (TPSA) is 75.3 Å². The van der Waals surface area contributed by atoms with Crippen molar-refractivity contribution in [3.05, 3.63) is 71.1 Å². The third kappa shape index (κ3) is 3.41. The molecule has 1 aromatic heterocycles. The van der Waals surface area contributed by atoms with Gasteiger partial charge in [-0.2, -0.15) is 0 Å². The van der Waals surface area contributed by atoms with Crippen molar-refractivity contribution in [3.63, 3.8) is 0 Å². The van der Waals surface area contributed by atoms with E-state index in [1.54, 1.807) is 23.5 Å². The average molecular weight is 384 g/mol. The van der Waals surface area contributed by atoms with Gasteiger partial charge in [-0.05, 0) is 41.5 Å². The molecule has 2 heterocycles. The number of carbonyl (C=O) groups is 1. The number of carbonyl (C=O) groups excluding carboxylic acids is 1. The van der Waals surface area contributed by atoms with Crippen molar-refractivity contribution in [1.29, 1.82) is 0 Å². The molecule has 2 N–H and O–H groups in total. The van der Waals surface area contributed by atoms with Gasteiger partial charge in [0.2, 0.25) is 15.9 Å². The molecule has 1 aliphatic heterocycles. The zero-order valence-corrected chi connectivity index (χ0v) is 15.4. The molecule has 0 saturated heterocycles. The molecule has 0 spiro atoms. The van der Waals surface area contributed by atoms with Gasteiger partial charge in [-0.25, -0.2) is 13.1 Å². The number of hydrogen-bond donors (Lipinski definition) is 2. The van der Waals surface area contributed by atoms with Gasteiger partial charge in [0.05, 0.1) is 11.3 Å². The summed E-state index contributed by atoms with van der Waals surface area (Å²) in [7, 11) is -3.64. The van der Waals surface area contributed by atoms with Crippen LogP contribution in [-0.4, -0.2) is 14.3 Å². The maximum absolute atomic E-state index is 12.6. The van der Waals surface area contributed by atoms with E-state index in [0.717, 1.165) is 15.3 Å². The van der Waals surface area contributed by atoms with Crippen molar-refractivity contribution in [3.8, 4) is 10.4 Å². The highest BCUT2D eigenvalue weighted by atomic mass is 32.2. The summed E-state index contributed by atoms with van der Waals surface area (Å²) in [5.74, 6) is -0.116. The van der Waals surface area contributed by atoms with Gasteiger partial charge in [0.15, 0.2) is 0 Å². The predicted octanol–water partition coefficient (Wildman–Crippen LogP) is 3.39. The molecule has 0 bridgehead atoms. The second kappa shape index (κ2) is 6.68. The molecule has 0 unspecified atom stereocenters. The van der Waals surface area contributed by atoms with Crippen molar-refractivity contribution in [2.24, 2.45) is 0 Å². The molecule has 1 amide bonds. The summed E-state index contributed by atoms with van der Waals surface area (Å²) in [6.45, 7) is 0.230. The molecular formula is C19H16N2O3S2. The van der Waals surface area contributed by atoms with Crippen LogP contribution in [0.5, 0.6) is 0 Å². The lowest BCUT2D eigenvalue weighted by Crippen LogP contribution is -2.22. The van der Waals surface area contributed by atoms with E-state index in [9.17, 15) is 13.2 Å². The third-order valence-corrected chi connectivity index (χ3v) is 6.70. The van der Waals surface area contributed by atoms with Crippen LogP contribution in [0, 0.1) is 0 Å². The van der Waals surface area contributed by atoms with Crippen LogP contribution in [0.15, 0.2) is 65.6 Å². The molecule has 0 aliphatic carbocycles. The van der Waals surface area contributed by atoms with Crippen molar-refractivity contribution < 1.29 is 13.2 Å². The van der Waals surface area contributed by atoms with E-state index in [2.05, 4.69) is 10.0 Å². The fourth-order valence-corrected chi connectivity index (χ4v) is 4.95. The molecule has 0 radical (unpaired) electrons. The first-order valence-corrected chi connectivity index (χ1v) is 10.4. The smallest absolute Gasteiger partial charge is 0.240 e. The van der Waals surface area contributed by atoms with Gasteiger partial charge in [-0.1, -0.05) is 30.3 Å². The summed E-state index contributed by atoms with van der Waals surface area (Å²) in [6, 6.07) is 18.6. The van der Waals surface area contributed by atoms with E-state index in [4.69, 9.17) is 0 Å². The summed E-state index contributed by atoms with van der Waals surface area (Å²) < 4.78 is 27.7. The maximum atomic E-state index is 12.6. The number of sulfonamides is 1. The fourth-order valence-electron chi connectivity index (χ4n) is 2.85. The van der Waals surface area contributed by atoms with Gasteiger partial charge >= 0.3 is 0 Å². The van der Waals surface area contributed by atoms with E-state index in [1.165, 1.54) is 6.07 Å². The summed E-state index contributed by atoms with van der Waals surface area (Å²) in [5, 5.41) is 2.70. The van der Waals surface area contributed by atoms with Gasteiger partial charge < -0.3 is 5.32 Å². The molecule has 0 atom stereocenters. The Morgan fingerprint density at radius 1 is 1.04 bits per heavy atom. The van der Waals surface area contributed by atoms with Crippen molar-refractivity contribution >= 4 is 33.0 Å². The number of hydrogen-bond acceptors (Lipinski definition) is 4. The first-order valence-electron chi connectivity index (χ1n) is 8.08. The van der Waals surface area contributed by atoms with Crippen LogP contribution in [0.2, 0.25) is 0 Å². The van der Waals surface area contributed by atoms with Crippen molar-refractivity contribution in [1.82, 2.24) is 4.72 Å². The number of rotatable bonds is 5. The number of nitrogens with one attached hydrogen (secondary N) is 2. The Morgan fingerprint density at radius 2 is 1.85 bits per heavy atom. The highest BCUT2D eigenvalue weighted by molar-refractivity contribution is 7.89. The second-order valence-corrected chi connectivity index (χ2v) is 8.94. The molecule has 3 aromatic rings. The Kier molecular flexibility index (Phi) is 4.36. The van der Waals surface area contributed by atoms with Crippen molar-refractivity contribution in [2.75, 3.05) is 5.32 Å². The van der Waals surface area contributed by atoms with Crippen LogP contribution in [0.25, 0.3) is 10.4 Å². The van der Waals surface area contributed by atoms with Gasteiger partial charge in [-0.15, -0.1) is 11.3 Å². The zero-order chi connectivity index (χ0) is 18.1. The van der Waals surface area contributed by atoms with E-state index >= 15 is 0 Å².